The van der Waals surface area contributed by atoms with Crippen LogP contribution in [0.3, 0.4) is 0 Å². The number of carbonyl (C=O) groups is 1. The first-order valence-electron chi connectivity index (χ1n) is 3.53. The molecule has 11 heavy (non-hydrogen) atoms. The largest absolute Gasteiger partial charge is 0.396 e. The van der Waals surface area contributed by atoms with Crippen LogP contribution in [-0.2, 0) is 4.84 Å². The molecule has 0 aromatic heterocycles. The average molecular weight is 162 g/mol. The van der Waals surface area contributed by atoms with Crippen LogP contribution < -0.4 is 5.73 Å². The fourth-order valence-corrected chi connectivity index (χ4v) is 0.609. The van der Waals surface area contributed by atoms with Gasteiger partial charge < -0.3 is 10.8 Å². The van der Waals surface area contributed by atoms with Crippen molar-refractivity contribution in [2.45, 2.75) is 13.3 Å². The molecule has 5 nitrogen and oxygen atoms in total. The van der Waals surface area contributed by atoms with Crippen molar-refractivity contribution in [1.82, 2.24) is 5.06 Å². The highest BCUT2D eigenvalue weighted by atomic mass is 16.7. The molecule has 0 unspecified atom stereocenters. The van der Waals surface area contributed by atoms with Crippen molar-refractivity contribution in [3.8, 4) is 0 Å². The van der Waals surface area contributed by atoms with E-state index in [-0.39, 0.29) is 6.61 Å². The van der Waals surface area contributed by atoms with Gasteiger partial charge in [0.05, 0.1) is 13.2 Å². The van der Waals surface area contributed by atoms with Gasteiger partial charge in [0.1, 0.15) is 0 Å². The summed E-state index contributed by atoms with van der Waals surface area (Å²) in [5, 5.41) is 9.47. The normalized spacial score (nSPS) is 9.64. The van der Waals surface area contributed by atoms with Crippen LogP contribution in [0.4, 0.5) is 4.79 Å². The van der Waals surface area contributed by atoms with Gasteiger partial charge in [0.25, 0.3) is 0 Å². The molecule has 2 amide bonds. The highest BCUT2D eigenvalue weighted by Gasteiger charge is 2.07. The Balaban J connectivity index is 3.60. The molecule has 0 heterocycles. The smallest absolute Gasteiger partial charge is 0.338 e. The third-order valence-electron chi connectivity index (χ3n) is 1.05. The highest BCUT2D eigenvalue weighted by Crippen LogP contribution is 1.91. The van der Waals surface area contributed by atoms with Gasteiger partial charge in [0.2, 0.25) is 0 Å². The second kappa shape index (κ2) is 5.94. The summed E-state index contributed by atoms with van der Waals surface area (Å²) in [5.41, 5.74) is 4.94. The number of hydroxylamine groups is 2. The summed E-state index contributed by atoms with van der Waals surface area (Å²) in [6.45, 7) is 2.51. The molecule has 0 aliphatic rings. The third-order valence-corrected chi connectivity index (χ3v) is 1.05. The lowest BCUT2D eigenvalue weighted by atomic mass is 10.4. The number of aliphatic hydroxyl groups excluding tert-OH is 1. The molecule has 5 heteroatoms. The Labute approximate surface area is 65.7 Å². The first-order valence-corrected chi connectivity index (χ1v) is 3.53. The van der Waals surface area contributed by atoms with Gasteiger partial charge in [-0.1, -0.05) is 0 Å². The number of aliphatic hydroxyl groups is 1. The Bertz CT molecular complexity index is 118. The molecule has 0 rings (SSSR count). The zero-order chi connectivity index (χ0) is 8.69. The van der Waals surface area contributed by atoms with Crippen molar-refractivity contribution in [2.75, 3.05) is 19.8 Å². The molecule has 3 N–H and O–H groups in total. The Morgan fingerprint density at radius 1 is 1.73 bits per heavy atom. The van der Waals surface area contributed by atoms with Crippen LogP contribution in [-0.4, -0.2) is 36.0 Å². The van der Waals surface area contributed by atoms with Crippen molar-refractivity contribution in [1.29, 1.82) is 0 Å². The van der Waals surface area contributed by atoms with Crippen molar-refractivity contribution >= 4 is 6.03 Å². The topological polar surface area (TPSA) is 75.8 Å². The van der Waals surface area contributed by atoms with Gasteiger partial charge in [-0.2, -0.15) is 0 Å². The Kier molecular flexibility index (Phi) is 5.50. The lowest BCUT2D eigenvalue weighted by Crippen LogP contribution is -2.36. The van der Waals surface area contributed by atoms with Gasteiger partial charge in [-0.15, -0.1) is 0 Å². The van der Waals surface area contributed by atoms with Crippen molar-refractivity contribution in [2.24, 2.45) is 5.73 Å². The molecule has 0 bridgehead atoms. The van der Waals surface area contributed by atoms with Crippen molar-refractivity contribution < 1.29 is 14.7 Å². The summed E-state index contributed by atoms with van der Waals surface area (Å²) in [4.78, 5) is 15.4. The van der Waals surface area contributed by atoms with E-state index in [1.165, 1.54) is 0 Å². The second-order valence-electron chi connectivity index (χ2n) is 1.94. The van der Waals surface area contributed by atoms with E-state index in [9.17, 15) is 4.79 Å². The summed E-state index contributed by atoms with van der Waals surface area (Å²) >= 11 is 0. The molecule has 0 saturated heterocycles. The third kappa shape index (κ3) is 4.58. The number of hydrogen-bond acceptors (Lipinski definition) is 3. The first-order chi connectivity index (χ1) is 5.22. The number of amides is 2. The molecule has 66 valence electrons. The minimum atomic E-state index is -0.625. The van der Waals surface area contributed by atoms with E-state index in [4.69, 9.17) is 15.7 Å². The fourth-order valence-electron chi connectivity index (χ4n) is 0.609. The molecule has 0 aliphatic carbocycles. The number of nitrogens with zero attached hydrogens (tertiary/aromatic N) is 1. The van der Waals surface area contributed by atoms with E-state index < -0.39 is 6.03 Å². The van der Waals surface area contributed by atoms with Gasteiger partial charge in [0, 0.05) is 6.61 Å². The van der Waals surface area contributed by atoms with Gasteiger partial charge in [-0.3, -0.25) is 4.84 Å². The molecule has 0 saturated carbocycles. The van der Waals surface area contributed by atoms with Gasteiger partial charge >= 0.3 is 6.03 Å². The maximum absolute atomic E-state index is 10.5. The molecule has 0 radical (unpaired) electrons. The van der Waals surface area contributed by atoms with Crippen LogP contribution in [0.15, 0.2) is 0 Å². The molecule has 0 spiro atoms. The summed E-state index contributed by atoms with van der Waals surface area (Å²) in [7, 11) is 0. The summed E-state index contributed by atoms with van der Waals surface area (Å²) in [5.74, 6) is 0. The Morgan fingerprint density at radius 3 is 2.73 bits per heavy atom. The van der Waals surface area contributed by atoms with Gasteiger partial charge in [-0.05, 0) is 13.3 Å². The molecular formula is C6H14N2O3. The number of hydrogen-bond donors (Lipinski definition) is 2. The van der Waals surface area contributed by atoms with E-state index >= 15 is 0 Å². The number of rotatable bonds is 5. The molecule has 0 aromatic rings. The van der Waals surface area contributed by atoms with E-state index in [1.807, 2.05) is 0 Å². The van der Waals surface area contributed by atoms with Crippen molar-refractivity contribution in [3.63, 3.8) is 0 Å². The molecular weight excluding hydrogens is 148 g/mol. The van der Waals surface area contributed by atoms with Crippen LogP contribution in [0, 0.1) is 0 Å². The molecule has 0 fully saturated rings. The van der Waals surface area contributed by atoms with Gasteiger partial charge in [-0.25, -0.2) is 9.86 Å². The van der Waals surface area contributed by atoms with E-state index in [0.29, 0.717) is 19.6 Å². The van der Waals surface area contributed by atoms with Crippen LogP contribution in [0.2, 0.25) is 0 Å². The summed E-state index contributed by atoms with van der Waals surface area (Å²) in [6, 6.07) is -0.625. The Hall–Kier alpha value is -0.810. The fraction of sp³-hybridized carbons (Fsp3) is 0.833. The van der Waals surface area contributed by atoms with Crippen LogP contribution in [0.1, 0.15) is 13.3 Å². The predicted molar refractivity (Wildman–Crippen MR) is 39.6 cm³/mol. The molecule has 0 atom stereocenters. The van der Waals surface area contributed by atoms with E-state index in [2.05, 4.69) is 0 Å². The number of nitrogens with two attached hydrogens (primary N) is 1. The maximum Gasteiger partial charge on any atom is 0.338 e. The average Bonchev–Trinajstić information content (AvgIpc) is 1.97. The predicted octanol–water partition coefficient (Wildman–Crippen LogP) is -0.299. The molecule has 0 aromatic carbocycles. The molecule has 0 aliphatic heterocycles. The van der Waals surface area contributed by atoms with Crippen LogP contribution >= 0.6 is 0 Å². The number of urea groups is 1. The highest BCUT2D eigenvalue weighted by molar-refractivity contribution is 5.70. The van der Waals surface area contributed by atoms with Gasteiger partial charge in [0.15, 0.2) is 0 Å². The Morgan fingerprint density at radius 2 is 2.36 bits per heavy atom. The standard InChI is InChI=1S/C6H14N2O3/c1-2-11-8(6(7)10)4-3-5-9/h9H,2-5H2,1H3,(H2,7,10). The minimum absolute atomic E-state index is 0.0247. The summed E-state index contributed by atoms with van der Waals surface area (Å²) < 4.78 is 0. The second-order valence-corrected chi connectivity index (χ2v) is 1.94. The quantitative estimate of drug-likeness (QED) is 0.545. The maximum atomic E-state index is 10.5. The zero-order valence-corrected chi connectivity index (χ0v) is 6.62. The summed E-state index contributed by atoms with van der Waals surface area (Å²) in [6.07, 6.45) is 0.475. The monoisotopic (exact) mass is 162 g/mol. The SMILES string of the molecule is CCON(CCCO)C(N)=O. The number of primary amides is 1. The number of carbonyl (C=O) groups excluding carboxylic acids is 1. The van der Waals surface area contributed by atoms with Crippen LogP contribution in [0.5, 0.6) is 0 Å². The lowest BCUT2D eigenvalue weighted by Gasteiger charge is -2.17. The van der Waals surface area contributed by atoms with Crippen LogP contribution in [0.25, 0.3) is 0 Å². The van der Waals surface area contributed by atoms with Crippen molar-refractivity contribution in [3.05, 3.63) is 0 Å². The lowest BCUT2D eigenvalue weighted by molar-refractivity contribution is -0.111. The van der Waals surface area contributed by atoms with E-state index in [1.54, 1.807) is 6.92 Å². The first kappa shape index (κ1) is 10.2. The minimum Gasteiger partial charge on any atom is -0.396 e. The zero-order valence-electron chi connectivity index (χ0n) is 6.62. The van der Waals surface area contributed by atoms with E-state index in [0.717, 1.165) is 5.06 Å².